The Kier molecular flexibility index (Phi) is 5.04. The molecule has 1 aromatic carbocycles. The van der Waals surface area contributed by atoms with E-state index in [4.69, 9.17) is 4.98 Å². The van der Waals surface area contributed by atoms with E-state index in [0.717, 1.165) is 81.0 Å². The van der Waals surface area contributed by atoms with Crippen molar-refractivity contribution in [3.05, 3.63) is 29.3 Å². The third kappa shape index (κ3) is 3.78. The lowest BCUT2D eigenvalue weighted by Gasteiger charge is -2.41. The van der Waals surface area contributed by atoms with Gasteiger partial charge in [-0.2, -0.15) is 0 Å². The fraction of sp³-hybridized carbons (Fsp3) is 0.636. The highest BCUT2D eigenvalue weighted by Crippen LogP contribution is 2.31. The Hall–Kier alpha value is -1.99. The summed E-state index contributed by atoms with van der Waals surface area (Å²) in [5, 5.41) is 0. The lowest BCUT2D eigenvalue weighted by atomic mass is 10.1. The van der Waals surface area contributed by atoms with E-state index in [1.54, 1.807) is 6.07 Å². The summed E-state index contributed by atoms with van der Waals surface area (Å²) in [6.07, 6.45) is 5.39. The molecule has 2 aromatic rings. The molecule has 29 heavy (non-hydrogen) atoms. The Morgan fingerprint density at radius 1 is 1.17 bits per heavy atom. The summed E-state index contributed by atoms with van der Waals surface area (Å²) in [6, 6.07) is 4.20. The Morgan fingerprint density at radius 3 is 2.72 bits per heavy atom. The van der Waals surface area contributed by atoms with Gasteiger partial charge in [0.15, 0.2) is 0 Å². The van der Waals surface area contributed by atoms with Crippen LogP contribution in [-0.4, -0.2) is 75.4 Å². The van der Waals surface area contributed by atoms with E-state index in [2.05, 4.69) is 19.7 Å². The number of aryl methyl sites for hydroxylation is 1. The molecule has 3 saturated heterocycles. The molecule has 1 amide bonds. The quantitative estimate of drug-likeness (QED) is 0.840. The smallest absolute Gasteiger partial charge is 0.222 e. The summed E-state index contributed by atoms with van der Waals surface area (Å²) in [5.74, 6) is 1.03. The van der Waals surface area contributed by atoms with E-state index in [1.807, 2.05) is 6.92 Å². The van der Waals surface area contributed by atoms with Gasteiger partial charge in [-0.1, -0.05) is 0 Å². The van der Waals surface area contributed by atoms with Gasteiger partial charge in [-0.15, -0.1) is 0 Å². The van der Waals surface area contributed by atoms with Gasteiger partial charge in [0.2, 0.25) is 5.91 Å². The number of halogens is 1. The number of nitrogens with one attached hydrogen (secondary N) is 1. The van der Waals surface area contributed by atoms with Crippen molar-refractivity contribution in [2.75, 3.05) is 32.7 Å². The van der Waals surface area contributed by atoms with Crippen LogP contribution >= 0.6 is 0 Å². The second-order valence-corrected chi connectivity index (χ2v) is 8.96. The van der Waals surface area contributed by atoms with E-state index in [9.17, 15) is 9.18 Å². The maximum atomic E-state index is 13.7. The highest BCUT2D eigenvalue weighted by Gasteiger charge is 2.40. The van der Waals surface area contributed by atoms with Crippen LogP contribution in [0.15, 0.2) is 12.1 Å². The van der Waals surface area contributed by atoms with Gasteiger partial charge in [0, 0.05) is 51.2 Å². The first-order chi connectivity index (χ1) is 14.1. The number of aromatic amines is 1. The lowest BCUT2D eigenvalue weighted by molar-refractivity contribution is -0.133. The first-order valence-corrected chi connectivity index (χ1v) is 11.0. The van der Waals surface area contributed by atoms with Gasteiger partial charge in [-0.25, -0.2) is 9.37 Å². The number of likely N-dealkylation sites (tertiary alicyclic amines) is 2. The van der Waals surface area contributed by atoms with Crippen LogP contribution in [0.1, 0.15) is 43.5 Å². The monoisotopic (exact) mass is 399 g/mol. The molecule has 7 heteroatoms. The summed E-state index contributed by atoms with van der Waals surface area (Å²) >= 11 is 0. The SMILES string of the molecule is Cc1cc(F)cc2[nH]c(CN3CC4CCC(C3)N4CCN3CCCCC3=O)nc12. The van der Waals surface area contributed by atoms with Crippen LogP contribution < -0.4 is 0 Å². The van der Waals surface area contributed by atoms with E-state index in [-0.39, 0.29) is 5.82 Å². The van der Waals surface area contributed by atoms with Gasteiger partial charge in [0.05, 0.1) is 17.6 Å². The number of piperidine rings is 1. The molecule has 0 radical (unpaired) electrons. The van der Waals surface area contributed by atoms with Crippen molar-refractivity contribution >= 4 is 16.9 Å². The van der Waals surface area contributed by atoms with Crippen molar-refractivity contribution < 1.29 is 9.18 Å². The van der Waals surface area contributed by atoms with E-state index in [0.29, 0.717) is 18.0 Å². The summed E-state index contributed by atoms with van der Waals surface area (Å²) in [4.78, 5) is 27.3. The third-order valence-electron chi connectivity index (χ3n) is 6.92. The first kappa shape index (κ1) is 19.0. The van der Waals surface area contributed by atoms with E-state index < -0.39 is 0 Å². The normalized spacial score (nSPS) is 26.0. The van der Waals surface area contributed by atoms with Crippen molar-refractivity contribution in [2.24, 2.45) is 0 Å². The van der Waals surface area contributed by atoms with Crippen LogP contribution in [0.3, 0.4) is 0 Å². The molecule has 3 aliphatic rings. The molecular formula is C22H30FN5O. The molecule has 2 bridgehead atoms. The number of carbonyl (C=O) groups is 1. The summed E-state index contributed by atoms with van der Waals surface area (Å²) < 4.78 is 13.7. The molecular weight excluding hydrogens is 369 g/mol. The van der Waals surface area contributed by atoms with Crippen molar-refractivity contribution in [1.82, 2.24) is 24.7 Å². The highest BCUT2D eigenvalue weighted by molar-refractivity contribution is 5.78. The molecule has 4 heterocycles. The molecule has 0 spiro atoms. The predicted molar refractivity (Wildman–Crippen MR) is 110 cm³/mol. The first-order valence-electron chi connectivity index (χ1n) is 11.0. The molecule has 3 aliphatic heterocycles. The van der Waals surface area contributed by atoms with Crippen LogP contribution in [0.5, 0.6) is 0 Å². The second kappa shape index (κ2) is 7.69. The number of piperazine rings is 1. The van der Waals surface area contributed by atoms with Crippen LogP contribution in [0.4, 0.5) is 4.39 Å². The molecule has 6 nitrogen and oxygen atoms in total. The second-order valence-electron chi connectivity index (χ2n) is 8.96. The maximum absolute atomic E-state index is 13.7. The third-order valence-corrected chi connectivity index (χ3v) is 6.92. The summed E-state index contributed by atoms with van der Waals surface area (Å²) in [7, 11) is 0. The van der Waals surface area contributed by atoms with E-state index >= 15 is 0 Å². The van der Waals surface area contributed by atoms with Crippen molar-refractivity contribution in [3.8, 4) is 0 Å². The van der Waals surface area contributed by atoms with Crippen LogP contribution in [-0.2, 0) is 11.3 Å². The molecule has 0 aliphatic carbocycles. The number of fused-ring (bicyclic) bond motifs is 3. The Balaban J connectivity index is 1.21. The number of rotatable bonds is 5. The zero-order valence-electron chi connectivity index (χ0n) is 17.2. The number of carbonyl (C=O) groups excluding carboxylic acids is 1. The molecule has 5 rings (SSSR count). The highest BCUT2D eigenvalue weighted by atomic mass is 19.1. The Labute approximate surface area is 171 Å². The summed E-state index contributed by atoms with van der Waals surface area (Å²) in [6.45, 7) is 7.56. The number of amides is 1. The van der Waals surface area contributed by atoms with Crippen molar-refractivity contribution in [3.63, 3.8) is 0 Å². The Bertz CT molecular complexity index is 898. The average molecular weight is 400 g/mol. The van der Waals surface area contributed by atoms with Crippen molar-refractivity contribution in [1.29, 1.82) is 0 Å². The molecule has 2 atom stereocenters. The lowest BCUT2D eigenvalue weighted by Crippen LogP contribution is -2.55. The van der Waals surface area contributed by atoms with Gasteiger partial charge in [0.1, 0.15) is 11.6 Å². The average Bonchev–Trinajstić information content (AvgIpc) is 3.18. The minimum atomic E-state index is -0.218. The zero-order chi connectivity index (χ0) is 20.0. The number of hydrogen-bond donors (Lipinski definition) is 1. The van der Waals surface area contributed by atoms with Gasteiger partial charge in [-0.05, 0) is 50.3 Å². The van der Waals surface area contributed by atoms with Crippen LogP contribution in [0.25, 0.3) is 11.0 Å². The fourth-order valence-corrected chi connectivity index (χ4v) is 5.49. The number of aromatic nitrogens is 2. The van der Waals surface area contributed by atoms with Gasteiger partial charge in [-0.3, -0.25) is 14.6 Å². The molecule has 0 saturated carbocycles. The largest absolute Gasteiger partial charge is 0.341 e. The standard InChI is InChI=1S/C22H30FN5O/c1-15-10-16(23)11-19-22(15)25-20(24-19)14-26-12-17-5-6-18(13-26)28(17)9-8-27-7-3-2-4-21(27)29/h10-11,17-18H,2-9,12-14H2,1H3,(H,24,25). The minimum absolute atomic E-state index is 0.218. The van der Waals surface area contributed by atoms with Crippen LogP contribution in [0, 0.1) is 12.7 Å². The number of benzene rings is 1. The van der Waals surface area contributed by atoms with E-state index in [1.165, 1.54) is 18.9 Å². The van der Waals surface area contributed by atoms with Crippen LogP contribution in [0.2, 0.25) is 0 Å². The number of nitrogens with zero attached hydrogens (tertiary/aromatic N) is 4. The molecule has 1 N–H and O–H groups in total. The molecule has 2 unspecified atom stereocenters. The topological polar surface area (TPSA) is 55.5 Å². The van der Waals surface area contributed by atoms with Crippen molar-refractivity contribution in [2.45, 2.75) is 57.7 Å². The number of hydrogen-bond acceptors (Lipinski definition) is 4. The summed E-state index contributed by atoms with van der Waals surface area (Å²) in [5.41, 5.74) is 2.53. The maximum Gasteiger partial charge on any atom is 0.222 e. The fourth-order valence-electron chi connectivity index (χ4n) is 5.49. The van der Waals surface area contributed by atoms with Gasteiger partial charge >= 0.3 is 0 Å². The Morgan fingerprint density at radius 2 is 1.97 bits per heavy atom. The molecule has 156 valence electrons. The molecule has 3 fully saturated rings. The van der Waals surface area contributed by atoms with Gasteiger partial charge < -0.3 is 9.88 Å². The number of H-pyrrole nitrogens is 1. The predicted octanol–water partition coefficient (Wildman–Crippen LogP) is 2.67. The number of imidazole rings is 1. The minimum Gasteiger partial charge on any atom is -0.341 e. The van der Waals surface area contributed by atoms with Gasteiger partial charge in [0.25, 0.3) is 0 Å². The molecule has 1 aromatic heterocycles. The zero-order valence-corrected chi connectivity index (χ0v) is 17.2.